The van der Waals surface area contributed by atoms with Crippen molar-refractivity contribution in [1.82, 2.24) is 0 Å². The molecule has 1 aromatic carbocycles. The molecule has 0 heterocycles. The lowest BCUT2D eigenvalue weighted by Gasteiger charge is -2.43. The van der Waals surface area contributed by atoms with Gasteiger partial charge in [0, 0.05) is 23.7 Å². The van der Waals surface area contributed by atoms with Gasteiger partial charge in [-0.1, -0.05) is 25.1 Å². The topological polar surface area (TPSA) is 64.3 Å². The summed E-state index contributed by atoms with van der Waals surface area (Å²) in [6, 6.07) is 7.82. The van der Waals surface area contributed by atoms with E-state index in [2.05, 4.69) is 11.9 Å². The standard InChI is InChI=1S/C19H26N2O2.ClH/c1-2-9-23-17-8-4-7-16(12-17)21-19(22)15-10-13-5-3-6-14(11-15)18(13)20;/h2,4,7-8,12-15,18H,1,3,5-6,9-11,20H2,(H,21,22);1H. The van der Waals surface area contributed by atoms with Crippen LogP contribution in [0.15, 0.2) is 36.9 Å². The predicted octanol–water partition coefficient (Wildman–Crippen LogP) is 3.77. The quantitative estimate of drug-likeness (QED) is 0.794. The number of benzene rings is 1. The molecular weight excluding hydrogens is 324 g/mol. The lowest BCUT2D eigenvalue weighted by molar-refractivity contribution is -0.122. The second-order valence-electron chi connectivity index (χ2n) is 6.81. The maximum absolute atomic E-state index is 12.6. The van der Waals surface area contributed by atoms with Crippen LogP contribution in [-0.4, -0.2) is 18.6 Å². The van der Waals surface area contributed by atoms with Gasteiger partial charge in [-0.15, -0.1) is 12.4 Å². The smallest absolute Gasteiger partial charge is 0.227 e. The van der Waals surface area contributed by atoms with Crippen molar-refractivity contribution in [2.24, 2.45) is 23.5 Å². The highest BCUT2D eigenvalue weighted by atomic mass is 35.5. The number of hydrogen-bond acceptors (Lipinski definition) is 3. The van der Waals surface area contributed by atoms with E-state index in [1.807, 2.05) is 24.3 Å². The first-order valence-corrected chi connectivity index (χ1v) is 8.57. The Morgan fingerprint density at radius 2 is 2.04 bits per heavy atom. The van der Waals surface area contributed by atoms with Gasteiger partial charge in [-0.25, -0.2) is 0 Å². The molecule has 2 aliphatic rings. The number of nitrogens with two attached hydrogens (primary N) is 1. The van der Waals surface area contributed by atoms with E-state index in [4.69, 9.17) is 10.5 Å². The third-order valence-corrected chi connectivity index (χ3v) is 5.25. The van der Waals surface area contributed by atoms with E-state index >= 15 is 0 Å². The predicted molar refractivity (Wildman–Crippen MR) is 99.5 cm³/mol. The molecule has 3 rings (SSSR count). The van der Waals surface area contributed by atoms with Gasteiger partial charge in [-0.05, 0) is 49.7 Å². The average Bonchev–Trinajstić information content (AvgIpc) is 2.53. The molecule has 0 aliphatic heterocycles. The molecule has 2 saturated carbocycles. The molecule has 4 nitrogen and oxygen atoms in total. The lowest BCUT2D eigenvalue weighted by Crippen LogP contribution is -2.48. The van der Waals surface area contributed by atoms with Gasteiger partial charge in [0.2, 0.25) is 5.91 Å². The maximum Gasteiger partial charge on any atom is 0.227 e. The van der Waals surface area contributed by atoms with E-state index in [1.54, 1.807) is 6.08 Å². The molecule has 0 saturated heterocycles. The maximum atomic E-state index is 12.6. The Labute approximate surface area is 150 Å². The molecule has 1 amide bonds. The number of hydrogen-bond donors (Lipinski definition) is 2. The second kappa shape index (κ2) is 8.54. The highest BCUT2D eigenvalue weighted by molar-refractivity contribution is 5.92. The first-order chi connectivity index (χ1) is 11.2. The summed E-state index contributed by atoms with van der Waals surface area (Å²) in [5.41, 5.74) is 7.10. The fourth-order valence-electron chi connectivity index (χ4n) is 4.07. The van der Waals surface area contributed by atoms with E-state index in [1.165, 1.54) is 19.3 Å². The van der Waals surface area contributed by atoms with Gasteiger partial charge in [-0.2, -0.15) is 0 Å². The summed E-state index contributed by atoms with van der Waals surface area (Å²) < 4.78 is 5.51. The van der Waals surface area contributed by atoms with Crippen molar-refractivity contribution in [1.29, 1.82) is 0 Å². The van der Waals surface area contributed by atoms with Crippen LogP contribution in [0.3, 0.4) is 0 Å². The van der Waals surface area contributed by atoms with Gasteiger partial charge in [0.15, 0.2) is 0 Å². The van der Waals surface area contributed by atoms with Crippen LogP contribution in [0.25, 0.3) is 0 Å². The molecule has 0 spiro atoms. The van der Waals surface area contributed by atoms with Crippen molar-refractivity contribution < 1.29 is 9.53 Å². The second-order valence-corrected chi connectivity index (χ2v) is 6.81. The largest absolute Gasteiger partial charge is 0.489 e. The number of rotatable bonds is 5. The molecule has 2 bridgehead atoms. The molecule has 0 aromatic heterocycles. The molecule has 1 aromatic rings. The van der Waals surface area contributed by atoms with Crippen LogP contribution in [0.4, 0.5) is 5.69 Å². The zero-order chi connectivity index (χ0) is 16.2. The molecular formula is C19H27ClN2O2. The van der Waals surface area contributed by atoms with Crippen LogP contribution < -0.4 is 15.8 Å². The van der Waals surface area contributed by atoms with Crippen LogP contribution in [0.2, 0.25) is 0 Å². The van der Waals surface area contributed by atoms with E-state index in [-0.39, 0.29) is 24.2 Å². The van der Waals surface area contributed by atoms with Crippen molar-refractivity contribution in [3.63, 3.8) is 0 Å². The van der Waals surface area contributed by atoms with Gasteiger partial charge in [0.05, 0.1) is 0 Å². The zero-order valence-electron chi connectivity index (χ0n) is 13.9. The Morgan fingerprint density at radius 3 is 2.71 bits per heavy atom. The number of ether oxygens (including phenoxy) is 1. The van der Waals surface area contributed by atoms with Crippen LogP contribution in [0, 0.1) is 17.8 Å². The summed E-state index contributed by atoms with van der Waals surface area (Å²) >= 11 is 0. The lowest BCUT2D eigenvalue weighted by atomic mass is 9.65. The number of carbonyl (C=O) groups is 1. The van der Waals surface area contributed by atoms with E-state index in [0.717, 1.165) is 24.3 Å². The Kier molecular flexibility index (Phi) is 6.69. The Hall–Kier alpha value is -1.52. The van der Waals surface area contributed by atoms with Crippen LogP contribution in [0.5, 0.6) is 5.75 Å². The number of amides is 1. The number of nitrogens with one attached hydrogen (secondary N) is 1. The number of anilines is 1. The van der Waals surface area contributed by atoms with Crippen molar-refractivity contribution in [3.05, 3.63) is 36.9 Å². The summed E-state index contributed by atoms with van der Waals surface area (Å²) in [5, 5.41) is 3.05. The fraction of sp³-hybridized carbons (Fsp3) is 0.526. The fourth-order valence-corrected chi connectivity index (χ4v) is 4.07. The summed E-state index contributed by atoms with van der Waals surface area (Å²) in [5.74, 6) is 1.98. The highest BCUT2D eigenvalue weighted by Crippen LogP contribution is 2.42. The normalized spacial score (nSPS) is 28.4. The summed E-state index contributed by atoms with van der Waals surface area (Å²) in [7, 11) is 0. The first kappa shape index (κ1) is 18.8. The summed E-state index contributed by atoms with van der Waals surface area (Å²) in [6.45, 7) is 4.10. The SMILES string of the molecule is C=CCOc1cccc(NC(=O)C2CC3CCCC(C2)C3N)c1.Cl. The number of halogens is 1. The molecule has 2 unspecified atom stereocenters. The van der Waals surface area contributed by atoms with Crippen molar-refractivity contribution in [3.8, 4) is 5.75 Å². The molecule has 2 aliphatic carbocycles. The Balaban J connectivity index is 0.00000208. The van der Waals surface area contributed by atoms with Crippen LogP contribution in [0.1, 0.15) is 32.1 Å². The summed E-state index contributed by atoms with van der Waals surface area (Å²) in [4.78, 5) is 12.6. The van der Waals surface area contributed by atoms with E-state index < -0.39 is 0 Å². The molecule has 0 radical (unpaired) electrons. The third kappa shape index (κ3) is 4.31. The number of fused-ring (bicyclic) bond motifs is 2. The minimum Gasteiger partial charge on any atom is -0.489 e. The Morgan fingerprint density at radius 1 is 1.33 bits per heavy atom. The molecule has 3 N–H and O–H groups in total. The number of carbonyl (C=O) groups excluding carboxylic acids is 1. The highest BCUT2D eigenvalue weighted by Gasteiger charge is 2.40. The van der Waals surface area contributed by atoms with Gasteiger partial charge in [0.1, 0.15) is 12.4 Å². The minimum atomic E-state index is 0. The molecule has 24 heavy (non-hydrogen) atoms. The molecule has 2 atom stereocenters. The Bertz CT molecular complexity index is 564. The van der Waals surface area contributed by atoms with Gasteiger partial charge < -0.3 is 15.8 Å². The first-order valence-electron chi connectivity index (χ1n) is 8.57. The monoisotopic (exact) mass is 350 g/mol. The molecule has 5 heteroatoms. The van der Waals surface area contributed by atoms with Crippen molar-refractivity contribution >= 4 is 24.0 Å². The van der Waals surface area contributed by atoms with Gasteiger partial charge >= 0.3 is 0 Å². The molecule has 132 valence electrons. The van der Waals surface area contributed by atoms with Gasteiger partial charge in [-0.3, -0.25) is 4.79 Å². The third-order valence-electron chi connectivity index (χ3n) is 5.25. The van der Waals surface area contributed by atoms with E-state index in [0.29, 0.717) is 24.5 Å². The van der Waals surface area contributed by atoms with Crippen molar-refractivity contribution in [2.75, 3.05) is 11.9 Å². The van der Waals surface area contributed by atoms with Gasteiger partial charge in [0.25, 0.3) is 0 Å². The van der Waals surface area contributed by atoms with Crippen LogP contribution in [-0.2, 0) is 4.79 Å². The molecule has 2 fully saturated rings. The summed E-state index contributed by atoms with van der Waals surface area (Å²) in [6.07, 6.45) is 7.17. The van der Waals surface area contributed by atoms with Crippen molar-refractivity contribution in [2.45, 2.75) is 38.1 Å². The van der Waals surface area contributed by atoms with Crippen LogP contribution >= 0.6 is 12.4 Å². The average molecular weight is 351 g/mol. The zero-order valence-corrected chi connectivity index (χ0v) is 14.8. The minimum absolute atomic E-state index is 0. The van der Waals surface area contributed by atoms with E-state index in [9.17, 15) is 4.79 Å².